The number of anilines is 1. The number of nitrogens with zero attached hydrogens (tertiary/aromatic N) is 2. The standard InChI is InChI=1S/C28H29N3O2/c32-26(19-18-21-11-3-1-4-12-21)33-24-16-8-7-15-23(24)27-28(29-22-13-5-2-6-14-22)31-20-10-9-17-25(31)30-27/h1,3-4,7-12,15-17,20,22,29H,2,5-6,13-14,18-19H2. The maximum Gasteiger partial charge on any atom is 0.311 e. The predicted molar refractivity (Wildman–Crippen MR) is 132 cm³/mol. The van der Waals surface area contributed by atoms with Crippen LogP contribution < -0.4 is 10.1 Å². The number of ether oxygens (including phenoxy) is 1. The molecule has 0 atom stereocenters. The van der Waals surface area contributed by atoms with E-state index in [-0.39, 0.29) is 5.97 Å². The quantitative estimate of drug-likeness (QED) is 0.272. The highest BCUT2D eigenvalue weighted by atomic mass is 16.5. The third kappa shape index (κ3) is 4.92. The van der Waals surface area contributed by atoms with E-state index >= 15 is 0 Å². The van der Waals surface area contributed by atoms with Crippen molar-refractivity contribution in [2.24, 2.45) is 0 Å². The highest BCUT2D eigenvalue weighted by molar-refractivity contribution is 5.83. The monoisotopic (exact) mass is 439 g/mol. The molecule has 1 N–H and O–H groups in total. The van der Waals surface area contributed by atoms with Crippen molar-refractivity contribution < 1.29 is 9.53 Å². The van der Waals surface area contributed by atoms with Crippen molar-refractivity contribution in [3.8, 4) is 17.0 Å². The number of hydrogen-bond acceptors (Lipinski definition) is 4. The summed E-state index contributed by atoms with van der Waals surface area (Å²) in [6, 6.07) is 24.1. The second kappa shape index (κ2) is 9.90. The molecule has 1 aliphatic carbocycles. The minimum Gasteiger partial charge on any atom is -0.426 e. The van der Waals surface area contributed by atoms with Gasteiger partial charge in [-0.05, 0) is 49.1 Å². The fourth-order valence-electron chi connectivity index (χ4n) is 4.58. The van der Waals surface area contributed by atoms with Gasteiger partial charge in [0.05, 0.1) is 0 Å². The van der Waals surface area contributed by atoms with Crippen molar-refractivity contribution >= 4 is 17.4 Å². The predicted octanol–water partition coefficient (Wildman–Crippen LogP) is 6.28. The van der Waals surface area contributed by atoms with Crippen LogP contribution in [-0.2, 0) is 11.2 Å². The Balaban J connectivity index is 1.43. The van der Waals surface area contributed by atoms with E-state index < -0.39 is 0 Å². The maximum absolute atomic E-state index is 12.7. The summed E-state index contributed by atoms with van der Waals surface area (Å²) in [6.45, 7) is 0. The van der Waals surface area contributed by atoms with Crippen LogP contribution in [0.4, 0.5) is 5.82 Å². The Labute approximate surface area is 194 Å². The van der Waals surface area contributed by atoms with Gasteiger partial charge in [-0.25, -0.2) is 4.98 Å². The molecule has 5 nitrogen and oxygen atoms in total. The summed E-state index contributed by atoms with van der Waals surface area (Å²) < 4.78 is 7.94. The number of pyridine rings is 1. The van der Waals surface area contributed by atoms with Gasteiger partial charge in [0.2, 0.25) is 0 Å². The minimum absolute atomic E-state index is 0.239. The zero-order valence-corrected chi connectivity index (χ0v) is 18.7. The van der Waals surface area contributed by atoms with Crippen molar-refractivity contribution in [2.45, 2.75) is 51.0 Å². The molecule has 0 radical (unpaired) electrons. The molecule has 2 aromatic carbocycles. The molecule has 0 bridgehead atoms. The number of imidazole rings is 1. The van der Waals surface area contributed by atoms with E-state index in [0.29, 0.717) is 24.6 Å². The van der Waals surface area contributed by atoms with Crippen LogP contribution in [-0.4, -0.2) is 21.4 Å². The van der Waals surface area contributed by atoms with Crippen molar-refractivity contribution in [1.29, 1.82) is 0 Å². The minimum atomic E-state index is -0.239. The van der Waals surface area contributed by atoms with Crippen LogP contribution in [0, 0.1) is 0 Å². The molecular formula is C28H29N3O2. The maximum atomic E-state index is 12.7. The van der Waals surface area contributed by atoms with Crippen molar-refractivity contribution in [3.05, 3.63) is 84.6 Å². The van der Waals surface area contributed by atoms with Gasteiger partial charge in [-0.1, -0.05) is 67.8 Å². The Hall–Kier alpha value is -3.60. The van der Waals surface area contributed by atoms with E-state index in [0.717, 1.165) is 41.1 Å². The molecular weight excluding hydrogens is 410 g/mol. The SMILES string of the molecule is O=C(CCc1ccccc1)Oc1ccccc1-c1nc2ccccn2c1NC1CCCCC1. The molecule has 4 aromatic rings. The fourth-order valence-corrected chi connectivity index (χ4v) is 4.58. The average molecular weight is 440 g/mol. The molecule has 0 amide bonds. The normalized spacial score (nSPS) is 14.3. The Morgan fingerprint density at radius 2 is 1.70 bits per heavy atom. The van der Waals surface area contributed by atoms with Gasteiger partial charge >= 0.3 is 5.97 Å². The molecule has 5 rings (SSSR count). The number of fused-ring (bicyclic) bond motifs is 1. The summed E-state index contributed by atoms with van der Waals surface area (Å²) in [5.41, 5.74) is 3.64. The zero-order chi connectivity index (χ0) is 22.5. The van der Waals surface area contributed by atoms with E-state index in [9.17, 15) is 4.79 Å². The Kier molecular flexibility index (Phi) is 6.38. The molecule has 5 heteroatoms. The Bertz CT molecular complexity index is 1230. The number of aryl methyl sites for hydroxylation is 1. The molecule has 1 aliphatic rings. The third-order valence-electron chi connectivity index (χ3n) is 6.30. The second-order valence-corrected chi connectivity index (χ2v) is 8.67. The van der Waals surface area contributed by atoms with E-state index in [1.807, 2.05) is 79.0 Å². The highest BCUT2D eigenvalue weighted by Crippen LogP contribution is 2.36. The number of hydrogen-bond donors (Lipinski definition) is 1. The van der Waals surface area contributed by atoms with Crippen LogP contribution >= 0.6 is 0 Å². The van der Waals surface area contributed by atoms with Gasteiger partial charge in [0.1, 0.15) is 22.9 Å². The number of rotatable bonds is 7. The Morgan fingerprint density at radius 3 is 2.55 bits per heavy atom. The lowest BCUT2D eigenvalue weighted by Crippen LogP contribution is -2.23. The average Bonchev–Trinajstić information content (AvgIpc) is 3.22. The van der Waals surface area contributed by atoms with Crippen LogP contribution in [0.5, 0.6) is 5.75 Å². The van der Waals surface area contributed by atoms with Gasteiger partial charge in [0.15, 0.2) is 0 Å². The van der Waals surface area contributed by atoms with Crippen LogP contribution in [0.3, 0.4) is 0 Å². The van der Waals surface area contributed by atoms with Crippen molar-refractivity contribution in [1.82, 2.24) is 9.38 Å². The molecule has 168 valence electrons. The molecule has 0 spiro atoms. The van der Waals surface area contributed by atoms with Crippen LogP contribution in [0.15, 0.2) is 79.0 Å². The topological polar surface area (TPSA) is 55.6 Å². The second-order valence-electron chi connectivity index (χ2n) is 8.67. The van der Waals surface area contributed by atoms with Crippen LogP contribution in [0.2, 0.25) is 0 Å². The van der Waals surface area contributed by atoms with E-state index in [1.54, 1.807) is 0 Å². The first-order valence-corrected chi connectivity index (χ1v) is 11.9. The van der Waals surface area contributed by atoms with Crippen LogP contribution in [0.25, 0.3) is 16.9 Å². The van der Waals surface area contributed by atoms with Crippen LogP contribution in [0.1, 0.15) is 44.1 Å². The lowest BCUT2D eigenvalue weighted by atomic mass is 9.95. The molecule has 0 aliphatic heterocycles. The smallest absolute Gasteiger partial charge is 0.311 e. The first-order valence-electron chi connectivity index (χ1n) is 11.9. The van der Waals surface area contributed by atoms with Gasteiger partial charge in [-0.2, -0.15) is 0 Å². The number of carbonyl (C=O) groups excluding carboxylic acids is 1. The van der Waals surface area contributed by atoms with Gasteiger partial charge < -0.3 is 10.1 Å². The summed E-state index contributed by atoms with van der Waals surface area (Å²) >= 11 is 0. The van der Waals surface area contributed by atoms with Gasteiger partial charge in [-0.15, -0.1) is 0 Å². The van der Waals surface area contributed by atoms with Gasteiger partial charge in [0.25, 0.3) is 0 Å². The summed E-state index contributed by atoms with van der Waals surface area (Å²) in [7, 11) is 0. The molecule has 0 saturated heterocycles. The van der Waals surface area contributed by atoms with E-state index in [1.165, 1.54) is 19.3 Å². The van der Waals surface area contributed by atoms with Gasteiger partial charge in [0, 0.05) is 24.2 Å². The number of carbonyl (C=O) groups is 1. The summed E-state index contributed by atoms with van der Waals surface area (Å²) in [5.74, 6) is 1.27. The number of esters is 1. The lowest BCUT2D eigenvalue weighted by Gasteiger charge is -2.24. The molecule has 33 heavy (non-hydrogen) atoms. The Morgan fingerprint density at radius 1 is 0.939 bits per heavy atom. The largest absolute Gasteiger partial charge is 0.426 e. The number of benzene rings is 2. The summed E-state index contributed by atoms with van der Waals surface area (Å²) in [5, 5.41) is 3.76. The molecule has 0 unspecified atom stereocenters. The first kappa shape index (κ1) is 21.3. The number of para-hydroxylation sites is 1. The van der Waals surface area contributed by atoms with Gasteiger partial charge in [-0.3, -0.25) is 9.20 Å². The number of aromatic nitrogens is 2. The first-order chi connectivity index (χ1) is 16.3. The number of nitrogens with one attached hydrogen (secondary N) is 1. The lowest BCUT2D eigenvalue weighted by molar-refractivity contribution is -0.134. The highest BCUT2D eigenvalue weighted by Gasteiger charge is 2.22. The fraction of sp³-hybridized carbons (Fsp3) is 0.286. The third-order valence-corrected chi connectivity index (χ3v) is 6.30. The van der Waals surface area contributed by atoms with Crippen molar-refractivity contribution in [2.75, 3.05) is 5.32 Å². The van der Waals surface area contributed by atoms with Crippen molar-refractivity contribution in [3.63, 3.8) is 0 Å². The molecule has 2 aromatic heterocycles. The van der Waals surface area contributed by atoms with E-state index in [2.05, 4.69) is 9.72 Å². The van der Waals surface area contributed by atoms with E-state index in [4.69, 9.17) is 9.72 Å². The summed E-state index contributed by atoms with van der Waals surface area (Å²) in [4.78, 5) is 17.6. The summed E-state index contributed by atoms with van der Waals surface area (Å²) in [6.07, 6.45) is 9.15. The zero-order valence-electron chi connectivity index (χ0n) is 18.7. The molecule has 2 heterocycles. The molecule has 1 saturated carbocycles. The molecule has 1 fully saturated rings.